The van der Waals surface area contributed by atoms with Gasteiger partial charge in [-0.25, -0.2) is 0 Å². The fourth-order valence-corrected chi connectivity index (χ4v) is 2.47. The van der Waals surface area contributed by atoms with Crippen LogP contribution in [0.3, 0.4) is 0 Å². The second-order valence-corrected chi connectivity index (χ2v) is 4.93. The van der Waals surface area contributed by atoms with Gasteiger partial charge < -0.3 is 10.6 Å². The SMILES string of the molecule is CCc1ccccc1NC(=O)CSC1=NCCN1. The molecule has 2 N–H and O–H groups in total. The van der Waals surface area contributed by atoms with Crippen molar-refractivity contribution in [3.8, 4) is 0 Å². The van der Waals surface area contributed by atoms with Crippen LogP contribution in [0, 0.1) is 0 Å². The van der Waals surface area contributed by atoms with Crippen LogP contribution in [0.25, 0.3) is 0 Å². The summed E-state index contributed by atoms with van der Waals surface area (Å²) in [7, 11) is 0. The van der Waals surface area contributed by atoms with Crippen LogP contribution in [-0.2, 0) is 11.2 Å². The third-order valence-electron chi connectivity index (χ3n) is 2.66. The second-order valence-electron chi connectivity index (χ2n) is 3.96. The highest BCUT2D eigenvalue weighted by molar-refractivity contribution is 8.14. The maximum absolute atomic E-state index is 11.8. The number of aliphatic imine (C=N–C) groups is 1. The van der Waals surface area contributed by atoms with Gasteiger partial charge in [-0.15, -0.1) is 0 Å². The second kappa shape index (κ2) is 6.44. The smallest absolute Gasteiger partial charge is 0.234 e. The number of anilines is 1. The normalized spacial score (nSPS) is 13.9. The molecule has 1 amide bonds. The number of carbonyl (C=O) groups is 1. The Morgan fingerprint density at radius 3 is 3.06 bits per heavy atom. The topological polar surface area (TPSA) is 53.5 Å². The molecule has 0 bridgehead atoms. The van der Waals surface area contributed by atoms with Crippen LogP contribution in [0.4, 0.5) is 5.69 Å². The average molecular weight is 263 g/mol. The number of rotatable bonds is 4. The molecule has 0 spiro atoms. The van der Waals surface area contributed by atoms with Gasteiger partial charge in [0.05, 0.1) is 12.3 Å². The van der Waals surface area contributed by atoms with E-state index in [-0.39, 0.29) is 5.91 Å². The van der Waals surface area contributed by atoms with Crippen LogP contribution in [0.15, 0.2) is 29.3 Å². The molecule has 0 radical (unpaired) electrons. The first-order valence-electron chi connectivity index (χ1n) is 6.08. The number of nitrogens with one attached hydrogen (secondary N) is 2. The van der Waals surface area contributed by atoms with Crippen molar-refractivity contribution in [2.24, 2.45) is 4.99 Å². The molecule has 96 valence electrons. The molecule has 18 heavy (non-hydrogen) atoms. The summed E-state index contributed by atoms with van der Waals surface area (Å²) in [6.45, 7) is 3.77. The Balaban J connectivity index is 1.86. The predicted molar refractivity (Wildman–Crippen MR) is 77.2 cm³/mol. The Labute approximate surface area is 111 Å². The van der Waals surface area contributed by atoms with E-state index in [1.807, 2.05) is 24.3 Å². The lowest BCUT2D eigenvalue weighted by molar-refractivity contribution is -0.113. The zero-order chi connectivity index (χ0) is 12.8. The number of para-hydroxylation sites is 1. The molecular weight excluding hydrogens is 246 g/mol. The summed E-state index contributed by atoms with van der Waals surface area (Å²) in [5, 5.41) is 6.94. The molecule has 5 heteroatoms. The number of hydrogen-bond acceptors (Lipinski definition) is 4. The Hall–Kier alpha value is -1.49. The summed E-state index contributed by atoms with van der Waals surface area (Å²) >= 11 is 1.45. The molecule has 0 fully saturated rings. The van der Waals surface area contributed by atoms with Crippen molar-refractivity contribution in [1.29, 1.82) is 0 Å². The maximum atomic E-state index is 11.8. The van der Waals surface area contributed by atoms with Crippen LogP contribution in [0.1, 0.15) is 12.5 Å². The lowest BCUT2D eigenvalue weighted by Crippen LogP contribution is -2.20. The Bertz CT molecular complexity index is 459. The first kappa shape index (κ1) is 13.0. The molecule has 0 aliphatic carbocycles. The monoisotopic (exact) mass is 263 g/mol. The molecule has 0 aromatic heterocycles. The van der Waals surface area contributed by atoms with E-state index in [9.17, 15) is 4.79 Å². The van der Waals surface area contributed by atoms with Gasteiger partial charge in [-0.2, -0.15) is 0 Å². The fraction of sp³-hybridized carbons (Fsp3) is 0.385. The summed E-state index contributed by atoms with van der Waals surface area (Å²) in [6.07, 6.45) is 0.915. The van der Waals surface area contributed by atoms with Crippen molar-refractivity contribution >= 4 is 28.5 Å². The minimum atomic E-state index is 0.0114. The van der Waals surface area contributed by atoms with Crippen molar-refractivity contribution < 1.29 is 4.79 Å². The first-order chi connectivity index (χ1) is 8.79. The number of amidine groups is 1. The average Bonchev–Trinajstić information content (AvgIpc) is 2.90. The molecule has 1 heterocycles. The molecule has 0 atom stereocenters. The van der Waals surface area contributed by atoms with Crippen molar-refractivity contribution in [1.82, 2.24) is 5.32 Å². The zero-order valence-electron chi connectivity index (χ0n) is 10.4. The molecule has 2 rings (SSSR count). The van der Waals surface area contributed by atoms with Crippen LogP contribution < -0.4 is 10.6 Å². The van der Waals surface area contributed by atoms with Crippen LogP contribution in [0.5, 0.6) is 0 Å². The lowest BCUT2D eigenvalue weighted by Gasteiger charge is -2.09. The highest BCUT2D eigenvalue weighted by Gasteiger charge is 2.10. The van der Waals surface area contributed by atoms with E-state index >= 15 is 0 Å². The van der Waals surface area contributed by atoms with Gasteiger partial charge in [-0.1, -0.05) is 36.9 Å². The summed E-state index contributed by atoms with van der Waals surface area (Å²) in [5.74, 6) is 0.404. The molecule has 0 unspecified atom stereocenters. The zero-order valence-corrected chi connectivity index (χ0v) is 11.2. The van der Waals surface area contributed by atoms with Crippen molar-refractivity contribution in [3.05, 3.63) is 29.8 Å². The molecule has 0 saturated heterocycles. The van der Waals surface area contributed by atoms with Gasteiger partial charge in [-0.3, -0.25) is 9.79 Å². The van der Waals surface area contributed by atoms with Gasteiger partial charge in [0, 0.05) is 12.2 Å². The number of benzene rings is 1. The number of thioether (sulfide) groups is 1. The molecule has 1 aliphatic heterocycles. The van der Waals surface area contributed by atoms with E-state index in [1.165, 1.54) is 11.8 Å². The Morgan fingerprint density at radius 2 is 2.33 bits per heavy atom. The highest BCUT2D eigenvalue weighted by atomic mass is 32.2. The van der Waals surface area contributed by atoms with Crippen molar-refractivity contribution in [2.45, 2.75) is 13.3 Å². The van der Waals surface area contributed by atoms with Crippen LogP contribution >= 0.6 is 11.8 Å². The third kappa shape index (κ3) is 3.50. The molecule has 1 aliphatic rings. The maximum Gasteiger partial charge on any atom is 0.234 e. The van der Waals surface area contributed by atoms with Crippen molar-refractivity contribution in [2.75, 3.05) is 24.2 Å². The molecular formula is C13H17N3OS. The summed E-state index contributed by atoms with van der Waals surface area (Å²) in [4.78, 5) is 16.1. The van der Waals surface area contributed by atoms with Gasteiger partial charge in [0.2, 0.25) is 5.91 Å². The third-order valence-corrected chi connectivity index (χ3v) is 3.61. The number of hydrogen-bond donors (Lipinski definition) is 2. The minimum Gasteiger partial charge on any atom is -0.363 e. The van der Waals surface area contributed by atoms with Crippen LogP contribution in [0.2, 0.25) is 0 Å². The van der Waals surface area contributed by atoms with E-state index in [2.05, 4.69) is 22.5 Å². The van der Waals surface area contributed by atoms with E-state index in [0.29, 0.717) is 5.75 Å². The quantitative estimate of drug-likeness (QED) is 0.872. The van der Waals surface area contributed by atoms with Gasteiger partial charge in [0.15, 0.2) is 5.17 Å². The van der Waals surface area contributed by atoms with Crippen molar-refractivity contribution in [3.63, 3.8) is 0 Å². The van der Waals surface area contributed by atoms with Gasteiger partial charge in [-0.05, 0) is 18.1 Å². The number of carbonyl (C=O) groups excluding carboxylic acids is 1. The van der Waals surface area contributed by atoms with E-state index < -0.39 is 0 Å². The first-order valence-corrected chi connectivity index (χ1v) is 7.07. The minimum absolute atomic E-state index is 0.0114. The van der Waals surface area contributed by atoms with Crippen LogP contribution in [-0.4, -0.2) is 29.9 Å². The van der Waals surface area contributed by atoms with Gasteiger partial charge in [0.1, 0.15) is 0 Å². The fourth-order valence-electron chi connectivity index (χ4n) is 1.74. The van der Waals surface area contributed by atoms with Gasteiger partial charge >= 0.3 is 0 Å². The van der Waals surface area contributed by atoms with E-state index in [4.69, 9.17) is 0 Å². The summed E-state index contributed by atoms with van der Waals surface area (Å²) in [6, 6.07) is 7.89. The summed E-state index contributed by atoms with van der Waals surface area (Å²) in [5.41, 5.74) is 2.07. The number of nitrogens with zero attached hydrogens (tertiary/aromatic N) is 1. The van der Waals surface area contributed by atoms with Gasteiger partial charge in [0.25, 0.3) is 0 Å². The van der Waals surface area contributed by atoms with E-state index in [0.717, 1.165) is 35.9 Å². The Kier molecular flexibility index (Phi) is 4.64. The molecule has 1 aromatic rings. The lowest BCUT2D eigenvalue weighted by atomic mass is 10.1. The largest absolute Gasteiger partial charge is 0.363 e. The molecule has 0 saturated carbocycles. The standard InChI is InChI=1S/C13H17N3OS/c1-2-10-5-3-4-6-11(10)16-12(17)9-18-13-14-7-8-15-13/h3-6H,2,7-9H2,1H3,(H,14,15)(H,16,17). The highest BCUT2D eigenvalue weighted by Crippen LogP contribution is 2.16. The molecule has 4 nitrogen and oxygen atoms in total. The predicted octanol–water partition coefficient (Wildman–Crippen LogP) is 1.88. The Morgan fingerprint density at radius 1 is 1.50 bits per heavy atom. The summed E-state index contributed by atoms with van der Waals surface area (Å²) < 4.78 is 0. The number of amides is 1. The van der Waals surface area contributed by atoms with E-state index in [1.54, 1.807) is 0 Å². The number of aryl methyl sites for hydroxylation is 1. The molecule has 1 aromatic carbocycles.